The minimum atomic E-state index is -0.170. The van der Waals surface area contributed by atoms with Gasteiger partial charge in [-0.05, 0) is 5.56 Å². The molecule has 0 spiro atoms. The van der Waals surface area contributed by atoms with Gasteiger partial charge in [-0.2, -0.15) is 15.6 Å². The fraction of sp³-hybridized carbons (Fsp3) is 0.385. The molecule has 0 unspecified atom stereocenters. The monoisotopic (exact) mass is 227 g/mol. The molecule has 1 heterocycles. The molecule has 1 aromatic carbocycles. The van der Waals surface area contributed by atoms with Crippen LogP contribution in [0.5, 0.6) is 0 Å². The first-order valence-electron chi connectivity index (χ1n) is 5.58. The van der Waals surface area contributed by atoms with Crippen molar-refractivity contribution in [3.63, 3.8) is 0 Å². The van der Waals surface area contributed by atoms with Gasteiger partial charge in [0.05, 0.1) is 37.1 Å². The molecule has 0 bridgehead atoms. The Hall–Kier alpha value is -1.88. The molecule has 0 saturated carbocycles. The highest BCUT2D eigenvalue weighted by molar-refractivity contribution is 5.22. The highest BCUT2D eigenvalue weighted by atomic mass is 16.7. The first-order valence-corrected chi connectivity index (χ1v) is 5.58. The van der Waals surface area contributed by atoms with E-state index in [1.165, 1.54) is 0 Å². The molecule has 17 heavy (non-hydrogen) atoms. The molecule has 86 valence electrons. The molecule has 1 aromatic rings. The van der Waals surface area contributed by atoms with Gasteiger partial charge in [0, 0.05) is 6.54 Å². The molecule has 1 saturated heterocycles. The third-order valence-electron chi connectivity index (χ3n) is 2.86. The van der Waals surface area contributed by atoms with E-state index in [0.717, 1.165) is 5.56 Å². The van der Waals surface area contributed by atoms with Crippen molar-refractivity contribution in [2.45, 2.75) is 12.5 Å². The zero-order chi connectivity index (χ0) is 12.1. The predicted octanol–water partition coefficient (Wildman–Crippen LogP) is 2.03. The Morgan fingerprint density at radius 3 is 2.71 bits per heavy atom. The van der Waals surface area contributed by atoms with Crippen molar-refractivity contribution >= 4 is 0 Å². The molecule has 1 aliphatic heterocycles. The van der Waals surface area contributed by atoms with Gasteiger partial charge >= 0.3 is 0 Å². The van der Waals surface area contributed by atoms with E-state index >= 15 is 0 Å². The number of hydrogen-bond acceptors (Lipinski definition) is 4. The number of nitrogens with zero attached hydrogens (tertiary/aromatic N) is 3. The van der Waals surface area contributed by atoms with Crippen LogP contribution in [0.3, 0.4) is 0 Å². The fourth-order valence-corrected chi connectivity index (χ4v) is 2.07. The van der Waals surface area contributed by atoms with Crippen molar-refractivity contribution in [3.05, 3.63) is 35.9 Å². The van der Waals surface area contributed by atoms with Crippen LogP contribution >= 0.6 is 0 Å². The maximum atomic E-state index is 9.12. The van der Waals surface area contributed by atoms with E-state index < -0.39 is 0 Å². The van der Waals surface area contributed by atoms with Crippen LogP contribution in [0.4, 0.5) is 0 Å². The maximum Gasteiger partial charge on any atom is 0.0936 e. The summed E-state index contributed by atoms with van der Waals surface area (Å²) in [7, 11) is 0. The van der Waals surface area contributed by atoms with Crippen LogP contribution < -0.4 is 0 Å². The quantitative estimate of drug-likeness (QED) is 0.792. The molecule has 0 amide bonds. The van der Waals surface area contributed by atoms with Gasteiger partial charge in [-0.1, -0.05) is 30.3 Å². The summed E-state index contributed by atoms with van der Waals surface area (Å²) in [5.41, 5.74) is 1.06. The maximum absolute atomic E-state index is 9.12. The first-order chi connectivity index (χ1) is 8.36. The van der Waals surface area contributed by atoms with Crippen molar-refractivity contribution < 1.29 is 4.84 Å². The lowest BCUT2D eigenvalue weighted by molar-refractivity contribution is -0.131. The highest BCUT2D eigenvalue weighted by Gasteiger charge is 2.36. The van der Waals surface area contributed by atoms with E-state index in [1.807, 2.05) is 30.3 Å². The number of benzene rings is 1. The zero-order valence-electron chi connectivity index (χ0n) is 9.41. The molecular formula is C13H13N3O. The number of hydrogen-bond donors (Lipinski definition) is 0. The Bertz CT molecular complexity index is 446. The lowest BCUT2D eigenvalue weighted by Gasteiger charge is -2.22. The van der Waals surface area contributed by atoms with E-state index in [4.69, 9.17) is 15.4 Å². The number of hydroxylamine groups is 2. The predicted molar refractivity (Wildman–Crippen MR) is 61.2 cm³/mol. The van der Waals surface area contributed by atoms with Crippen molar-refractivity contribution in [3.8, 4) is 12.1 Å². The molecule has 0 aliphatic carbocycles. The minimum absolute atomic E-state index is 0.0606. The standard InChI is InChI=1S/C13H13N3O/c14-7-4-8-16-13(12(9-15)10-17-16)11-5-2-1-3-6-11/h1-3,5-6,12-13H,4,8,10H2/t12-,13-/m1/s1. The molecule has 4 nitrogen and oxygen atoms in total. The average molecular weight is 227 g/mol. The Kier molecular flexibility index (Phi) is 3.72. The Balaban J connectivity index is 2.20. The minimum Gasteiger partial charge on any atom is -0.297 e. The van der Waals surface area contributed by atoms with Crippen LogP contribution in [0.25, 0.3) is 0 Å². The second kappa shape index (κ2) is 5.45. The van der Waals surface area contributed by atoms with Crippen LogP contribution in [0.1, 0.15) is 18.0 Å². The van der Waals surface area contributed by atoms with E-state index in [-0.39, 0.29) is 12.0 Å². The lowest BCUT2D eigenvalue weighted by atomic mass is 9.95. The normalized spacial score (nSPS) is 24.1. The Morgan fingerprint density at radius 1 is 1.29 bits per heavy atom. The lowest BCUT2D eigenvalue weighted by Crippen LogP contribution is -2.25. The van der Waals surface area contributed by atoms with Gasteiger partial charge in [0.25, 0.3) is 0 Å². The molecule has 0 N–H and O–H groups in total. The summed E-state index contributed by atoms with van der Waals surface area (Å²) in [4.78, 5) is 5.49. The first kappa shape index (κ1) is 11.6. The van der Waals surface area contributed by atoms with Crippen LogP contribution in [0.2, 0.25) is 0 Å². The van der Waals surface area contributed by atoms with E-state index in [2.05, 4.69) is 12.1 Å². The summed E-state index contributed by atoms with van der Waals surface area (Å²) in [6.45, 7) is 0.940. The topological polar surface area (TPSA) is 60.1 Å². The van der Waals surface area contributed by atoms with Crippen LogP contribution in [-0.2, 0) is 4.84 Å². The Morgan fingerprint density at radius 2 is 2.06 bits per heavy atom. The molecule has 1 aliphatic rings. The van der Waals surface area contributed by atoms with E-state index in [0.29, 0.717) is 19.6 Å². The van der Waals surface area contributed by atoms with Gasteiger partial charge in [-0.3, -0.25) is 4.84 Å². The van der Waals surface area contributed by atoms with Gasteiger partial charge in [0.2, 0.25) is 0 Å². The number of rotatable bonds is 3. The summed E-state index contributed by atoms with van der Waals surface area (Å²) in [5.74, 6) is -0.170. The van der Waals surface area contributed by atoms with Gasteiger partial charge < -0.3 is 0 Å². The third-order valence-corrected chi connectivity index (χ3v) is 2.86. The van der Waals surface area contributed by atoms with Crippen molar-refractivity contribution in [2.24, 2.45) is 5.92 Å². The SMILES string of the molecule is N#CCCN1OC[C@@H](C#N)[C@H]1c1ccccc1. The Labute approximate surface area is 101 Å². The second-order valence-electron chi connectivity index (χ2n) is 3.94. The molecule has 2 rings (SSSR count). The third kappa shape index (κ3) is 2.45. The van der Waals surface area contributed by atoms with E-state index in [9.17, 15) is 0 Å². The summed E-state index contributed by atoms with van der Waals surface area (Å²) in [6, 6.07) is 14.1. The van der Waals surface area contributed by atoms with Gasteiger partial charge in [0.1, 0.15) is 0 Å². The summed E-state index contributed by atoms with van der Waals surface area (Å²) in [5, 5.41) is 19.5. The largest absolute Gasteiger partial charge is 0.297 e. The molecule has 2 atom stereocenters. The fourth-order valence-electron chi connectivity index (χ4n) is 2.07. The van der Waals surface area contributed by atoms with Crippen molar-refractivity contribution in [1.82, 2.24) is 5.06 Å². The average Bonchev–Trinajstić information content (AvgIpc) is 2.80. The van der Waals surface area contributed by atoms with Crippen LogP contribution in [0.15, 0.2) is 30.3 Å². The molecule has 1 fully saturated rings. The van der Waals surface area contributed by atoms with E-state index in [1.54, 1.807) is 5.06 Å². The second-order valence-corrected chi connectivity index (χ2v) is 3.94. The summed E-state index contributed by atoms with van der Waals surface area (Å²) in [6.07, 6.45) is 0.404. The van der Waals surface area contributed by atoms with Crippen molar-refractivity contribution in [1.29, 1.82) is 10.5 Å². The summed E-state index contributed by atoms with van der Waals surface area (Å²) < 4.78 is 0. The summed E-state index contributed by atoms with van der Waals surface area (Å²) >= 11 is 0. The molecular weight excluding hydrogens is 214 g/mol. The van der Waals surface area contributed by atoms with Crippen molar-refractivity contribution in [2.75, 3.05) is 13.2 Å². The molecule has 0 aromatic heterocycles. The van der Waals surface area contributed by atoms with Gasteiger partial charge in [0.15, 0.2) is 0 Å². The zero-order valence-corrected chi connectivity index (χ0v) is 9.41. The molecule has 0 radical (unpaired) electrons. The molecule has 4 heteroatoms. The van der Waals surface area contributed by atoms with Gasteiger partial charge in [-0.15, -0.1) is 0 Å². The highest BCUT2D eigenvalue weighted by Crippen LogP contribution is 2.34. The van der Waals surface area contributed by atoms with Gasteiger partial charge in [-0.25, -0.2) is 0 Å². The smallest absolute Gasteiger partial charge is 0.0936 e. The van der Waals surface area contributed by atoms with Crippen LogP contribution in [0, 0.1) is 28.6 Å². The number of nitriles is 2. The van der Waals surface area contributed by atoms with Crippen LogP contribution in [-0.4, -0.2) is 18.2 Å².